The molecule has 12 nitrogen and oxygen atoms in total. The molecule has 0 saturated carbocycles. The second-order valence-electron chi connectivity index (χ2n) is 6.70. The van der Waals surface area contributed by atoms with E-state index in [9.17, 15) is 34.6 Å². The lowest BCUT2D eigenvalue weighted by Gasteiger charge is -2.01. The van der Waals surface area contributed by atoms with E-state index in [0.29, 0.717) is 19.5 Å². The Kier molecular flexibility index (Phi) is 14.4. The van der Waals surface area contributed by atoms with Crippen LogP contribution in [0.2, 0.25) is 0 Å². The maximum Gasteiger partial charge on any atom is 0.310 e. The average molecular weight is 476 g/mol. The second kappa shape index (κ2) is 16.4. The van der Waals surface area contributed by atoms with Crippen molar-refractivity contribution in [3.05, 3.63) is 79.9 Å². The molecule has 12 heteroatoms. The number of nitro groups is 2. The highest BCUT2D eigenvalue weighted by Crippen LogP contribution is 2.12. The fourth-order valence-electron chi connectivity index (χ4n) is 2.32. The summed E-state index contributed by atoms with van der Waals surface area (Å²) in [6.07, 6.45) is 1.44. The van der Waals surface area contributed by atoms with E-state index in [1.54, 1.807) is 24.3 Å². The zero-order chi connectivity index (χ0) is 26.1. The van der Waals surface area contributed by atoms with E-state index < -0.39 is 21.8 Å². The van der Waals surface area contributed by atoms with Crippen molar-refractivity contribution >= 4 is 29.2 Å². The molecule has 0 aliphatic heterocycles. The lowest BCUT2D eigenvalue weighted by atomic mass is 10.1. The fourth-order valence-corrected chi connectivity index (χ4v) is 2.32. The van der Waals surface area contributed by atoms with Gasteiger partial charge >= 0.3 is 11.9 Å². The van der Waals surface area contributed by atoms with Crippen LogP contribution in [0.1, 0.15) is 31.9 Å². The predicted octanol–water partition coefficient (Wildman–Crippen LogP) is 2.47. The van der Waals surface area contributed by atoms with E-state index in [4.69, 9.17) is 5.73 Å². The molecule has 184 valence electrons. The van der Waals surface area contributed by atoms with Crippen molar-refractivity contribution in [2.75, 3.05) is 13.1 Å². The Labute approximate surface area is 196 Å². The molecule has 0 bridgehead atoms. The molecule has 0 radical (unpaired) electrons. The SMILES string of the molecule is CC(=O)NCCc1ccc([N+](=O)[O-])cc1.CC(=O)OC(C)=O.NCCc1ccc([N+](=O)[O-])cc1. The minimum absolute atomic E-state index is 0.0723. The number of esters is 2. The quantitative estimate of drug-likeness (QED) is 0.262. The van der Waals surface area contributed by atoms with Gasteiger partial charge in [0.2, 0.25) is 5.91 Å². The topological polar surface area (TPSA) is 185 Å². The highest BCUT2D eigenvalue weighted by atomic mass is 16.6. The summed E-state index contributed by atoms with van der Waals surface area (Å²) < 4.78 is 3.97. The van der Waals surface area contributed by atoms with Gasteiger partial charge in [0.1, 0.15) is 0 Å². The van der Waals surface area contributed by atoms with Gasteiger partial charge < -0.3 is 15.8 Å². The van der Waals surface area contributed by atoms with Crippen LogP contribution >= 0.6 is 0 Å². The molecule has 0 aliphatic carbocycles. The first-order valence-electron chi connectivity index (χ1n) is 10.1. The van der Waals surface area contributed by atoms with Gasteiger partial charge in [0, 0.05) is 51.6 Å². The Bertz CT molecular complexity index is 948. The van der Waals surface area contributed by atoms with Gasteiger partial charge in [-0.3, -0.25) is 34.6 Å². The fraction of sp³-hybridized carbons (Fsp3) is 0.318. The summed E-state index contributed by atoms with van der Waals surface area (Å²) >= 11 is 0. The molecule has 34 heavy (non-hydrogen) atoms. The molecule has 0 atom stereocenters. The van der Waals surface area contributed by atoms with Crippen LogP contribution in [-0.4, -0.2) is 40.8 Å². The third-order valence-corrected chi connectivity index (χ3v) is 3.80. The first kappa shape index (κ1) is 29.8. The molecule has 1 amide bonds. The molecular weight excluding hydrogens is 448 g/mol. The number of non-ortho nitro benzene ring substituents is 2. The van der Waals surface area contributed by atoms with Crippen molar-refractivity contribution in [2.24, 2.45) is 5.73 Å². The largest absolute Gasteiger partial charge is 0.394 e. The summed E-state index contributed by atoms with van der Waals surface area (Å²) in [6.45, 7) is 4.93. The van der Waals surface area contributed by atoms with Crippen LogP contribution < -0.4 is 11.1 Å². The lowest BCUT2D eigenvalue weighted by molar-refractivity contribution is -0.385. The van der Waals surface area contributed by atoms with Crippen LogP contribution in [0, 0.1) is 20.2 Å². The number of rotatable bonds is 7. The van der Waals surface area contributed by atoms with Crippen LogP contribution in [0.4, 0.5) is 11.4 Å². The smallest absolute Gasteiger partial charge is 0.310 e. The summed E-state index contributed by atoms with van der Waals surface area (Å²) in [7, 11) is 0. The van der Waals surface area contributed by atoms with E-state index in [0.717, 1.165) is 17.5 Å². The predicted molar refractivity (Wildman–Crippen MR) is 124 cm³/mol. The highest BCUT2D eigenvalue weighted by molar-refractivity contribution is 5.82. The van der Waals surface area contributed by atoms with Gasteiger partial charge in [0.25, 0.3) is 11.4 Å². The van der Waals surface area contributed by atoms with Crippen LogP contribution in [0.5, 0.6) is 0 Å². The summed E-state index contributed by atoms with van der Waals surface area (Å²) in [4.78, 5) is 50.0. The summed E-state index contributed by atoms with van der Waals surface area (Å²) in [5.74, 6) is -1.20. The van der Waals surface area contributed by atoms with Crippen molar-refractivity contribution in [1.82, 2.24) is 5.32 Å². The third-order valence-electron chi connectivity index (χ3n) is 3.80. The number of carbonyl (C=O) groups excluding carboxylic acids is 3. The normalized spacial score (nSPS) is 9.29. The van der Waals surface area contributed by atoms with Crippen molar-refractivity contribution < 1.29 is 29.0 Å². The maximum atomic E-state index is 10.6. The molecule has 0 saturated heterocycles. The Morgan fingerprint density at radius 2 is 1.18 bits per heavy atom. The van der Waals surface area contributed by atoms with E-state index in [1.807, 2.05) is 0 Å². The Balaban J connectivity index is 0.000000514. The number of nitrogens with zero attached hydrogens (tertiary/aromatic N) is 2. The van der Waals surface area contributed by atoms with Crippen molar-refractivity contribution in [2.45, 2.75) is 33.6 Å². The molecule has 0 aromatic heterocycles. The molecular formula is C22H28N4O8. The number of nitro benzene ring substituents is 2. The van der Waals surface area contributed by atoms with Crippen LogP contribution in [0.15, 0.2) is 48.5 Å². The molecule has 0 aliphatic rings. The van der Waals surface area contributed by atoms with Gasteiger partial charge in [0.05, 0.1) is 9.85 Å². The monoisotopic (exact) mass is 476 g/mol. The number of ether oxygens (including phenoxy) is 1. The van der Waals surface area contributed by atoms with Crippen molar-refractivity contribution in [1.29, 1.82) is 0 Å². The van der Waals surface area contributed by atoms with Crippen molar-refractivity contribution in [3.63, 3.8) is 0 Å². The zero-order valence-electron chi connectivity index (χ0n) is 19.2. The summed E-state index contributed by atoms with van der Waals surface area (Å²) in [5.41, 5.74) is 7.52. The van der Waals surface area contributed by atoms with Gasteiger partial charge in [-0.2, -0.15) is 0 Å². The summed E-state index contributed by atoms with van der Waals surface area (Å²) in [6, 6.07) is 12.7. The van der Waals surface area contributed by atoms with E-state index in [1.165, 1.54) is 45.0 Å². The van der Waals surface area contributed by atoms with E-state index in [2.05, 4.69) is 10.1 Å². The lowest BCUT2D eigenvalue weighted by Crippen LogP contribution is -2.22. The van der Waals surface area contributed by atoms with Crippen LogP contribution in [0.3, 0.4) is 0 Å². The Hall–Kier alpha value is -4.19. The number of amides is 1. The van der Waals surface area contributed by atoms with Gasteiger partial charge in [-0.05, 0) is 30.5 Å². The van der Waals surface area contributed by atoms with Crippen LogP contribution in [0.25, 0.3) is 0 Å². The highest BCUT2D eigenvalue weighted by Gasteiger charge is 2.04. The number of hydrogen-bond acceptors (Lipinski definition) is 9. The van der Waals surface area contributed by atoms with Gasteiger partial charge in [-0.25, -0.2) is 0 Å². The third kappa shape index (κ3) is 14.8. The summed E-state index contributed by atoms with van der Waals surface area (Å²) in [5, 5.41) is 23.3. The first-order chi connectivity index (χ1) is 16.0. The molecule has 2 aromatic rings. The molecule has 2 aromatic carbocycles. The van der Waals surface area contributed by atoms with Crippen LogP contribution in [-0.2, 0) is 32.0 Å². The van der Waals surface area contributed by atoms with Crippen molar-refractivity contribution in [3.8, 4) is 0 Å². The standard InChI is InChI=1S/C10H12N2O3.C8H10N2O2.C4H6O3/c1-8(13)11-7-6-9-2-4-10(5-3-9)12(14)15;9-6-5-7-1-3-8(4-2-7)10(11)12;1-3(5)7-4(2)6/h2-5H,6-7H2,1H3,(H,11,13);1-4H,5-6,9H2;1-2H3. The van der Waals surface area contributed by atoms with E-state index in [-0.39, 0.29) is 17.3 Å². The molecule has 0 heterocycles. The molecule has 0 spiro atoms. The number of carbonyl (C=O) groups is 3. The minimum atomic E-state index is -0.562. The first-order valence-corrected chi connectivity index (χ1v) is 10.1. The number of nitrogens with two attached hydrogens (primary N) is 1. The van der Waals surface area contributed by atoms with Gasteiger partial charge in [0.15, 0.2) is 0 Å². The molecule has 2 rings (SSSR count). The maximum absolute atomic E-state index is 10.6. The van der Waals surface area contributed by atoms with Gasteiger partial charge in [-0.15, -0.1) is 0 Å². The molecule has 0 unspecified atom stereocenters. The number of hydrogen-bond donors (Lipinski definition) is 2. The number of benzene rings is 2. The Morgan fingerprint density at radius 1 is 0.794 bits per heavy atom. The second-order valence-corrected chi connectivity index (χ2v) is 6.70. The number of nitrogens with one attached hydrogen (secondary N) is 1. The average Bonchev–Trinajstić information content (AvgIpc) is 2.74. The molecule has 3 N–H and O–H groups in total. The molecule has 0 fully saturated rings. The van der Waals surface area contributed by atoms with Gasteiger partial charge in [-0.1, -0.05) is 24.3 Å². The zero-order valence-corrected chi connectivity index (χ0v) is 19.2. The minimum Gasteiger partial charge on any atom is -0.394 e. The van der Waals surface area contributed by atoms with E-state index >= 15 is 0 Å². The Morgan fingerprint density at radius 3 is 1.44 bits per heavy atom.